The van der Waals surface area contributed by atoms with Gasteiger partial charge in [-0.15, -0.1) is 0 Å². The topological polar surface area (TPSA) is 68.2 Å². The molecule has 0 radical (unpaired) electrons. The number of unbranched alkanes of at least 4 members (excludes halogenated alkanes) is 10. The molecule has 0 unspecified atom stereocenters. The highest BCUT2D eigenvalue weighted by atomic mass is 32.5. The van der Waals surface area contributed by atoms with E-state index >= 15 is 0 Å². The second kappa shape index (κ2) is 21.5. The lowest BCUT2D eigenvalue weighted by Gasteiger charge is -2.19. The van der Waals surface area contributed by atoms with Crippen LogP contribution in [-0.4, -0.2) is 42.3 Å². The number of rotatable bonds is 20. The number of hydrogen-bond acceptors (Lipinski definition) is 4. The fraction of sp³-hybridized carbons (Fsp3) is 1.00. The summed E-state index contributed by atoms with van der Waals surface area (Å²) >= 11 is 4.51. The molecule has 2 N–H and O–H groups in total. The van der Waals surface area contributed by atoms with E-state index < -0.39 is 6.72 Å². The summed E-state index contributed by atoms with van der Waals surface area (Å²) in [5, 5.41) is 0. The zero-order valence-electron chi connectivity index (χ0n) is 17.4. The van der Waals surface area contributed by atoms with Gasteiger partial charge in [-0.3, -0.25) is 0 Å². The Balaban J connectivity index is 0. The standard InChI is InChI=1S/C19H41O5PS.H2S/c1-3-5-7-9-11-13-15-22-17-19(18-24-25(20,21)26)23-16-14-12-10-8-6-4-2;/h19H,3-18H2,1-2H3,(H2,20,21,26);1H2/t19-;/m0./s1. The Hall–Kier alpha value is 0.800. The summed E-state index contributed by atoms with van der Waals surface area (Å²) in [7, 11) is 0. The maximum atomic E-state index is 9.23. The highest BCUT2D eigenvalue weighted by Crippen LogP contribution is 2.36. The molecule has 0 aliphatic rings. The summed E-state index contributed by atoms with van der Waals surface area (Å²) in [4.78, 5) is 18.5. The first-order valence-electron chi connectivity index (χ1n) is 10.4. The highest BCUT2D eigenvalue weighted by molar-refractivity contribution is 8.06. The molecule has 0 spiro atoms. The van der Waals surface area contributed by atoms with Crippen molar-refractivity contribution in [3.63, 3.8) is 0 Å². The number of hydrogen-bond donors (Lipinski definition) is 2. The van der Waals surface area contributed by atoms with Gasteiger partial charge in [0, 0.05) is 13.2 Å². The van der Waals surface area contributed by atoms with E-state index in [0.717, 1.165) is 19.3 Å². The van der Waals surface area contributed by atoms with Crippen LogP contribution < -0.4 is 0 Å². The maximum Gasteiger partial charge on any atom is 0.321 e. The molecule has 0 bridgehead atoms. The summed E-state index contributed by atoms with van der Waals surface area (Å²) in [6.07, 6.45) is 14.3. The van der Waals surface area contributed by atoms with Crippen LogP contribution in [0.25, 0.3) is 0 Å². The average Bonchev–Trinajstić information content (AvgIpc) is 2.59. The van der Waals surface area contributed by atoms with Crippen molar-refractivity contribution in [2.75, 3.05) is 26.4 Å². The van der Waals surface area contributed by atoms with E-state index in [1.54, 1.807) is 0 Å². The lowest BCUT2D eigenvalue weighted by molar-refractivity contribution is -0.0406. The molecule has 1 atom stereocenters. The molecule has 0 saturated heterocycles. The highest BCUT2D eigenvalue weighted by Gasteiger charge is 2.15. The van der Waals surface area contributed by atoms with E-state index in [2.05, 4.69) is 25.7 Å². The van der Waals surface area contributed by atoms with Gasteiger partial charge in [-0.1, -0.05) is 78.1 Å². The molecule has 5 nitrogen and oxygen atoms in total. The predicted octanol–water partition coefficient (Wildman–Crippen LogP) is 5.45. The lowest BCUT2D eigenvalue weighted by atomic mass is 10.1. The van der Waals surface area contributed by atoms with Gasteiger partial charge < -0.3 is 23.8 Å². The van der Waals surface area contributed by atoms with E-state index in [-0.39, 0.29) is 26.2 Å². The third-order valence-electron chi connectivity index (χ3n) is 4.23. The van der Waals surface area contributed by atoms with E-state index in [4.69, 9.17) is 14.0 Å². The zero-order valence-corrected chi connectivity index (χ0v) is 20.1. The van der Waals surface area contributed by atoms with Gasteiger partial charge in [-0.25, -0.2) is 0 Å². The van der Waals surface area contributed by atoms with Crippen molar-refractivity contribution in [3.8, 4) is 0 Å². The molecule has 0 aromatic rings. The van der Waals surface area contributed by atoms with Gasteiger partial charge in [0.1, 0.15) is 6.10 Å². The van der Waals surface area contributed by atoms with E-state index in [1.165, 1.54) is 57.8 Å². The summed E-state index contributed by atoms with van der Waals surface area (Å²) in [5.41, 5.74) is 0. The zero-order chi connectivity index (χ0) is 19.5. The largest absolute Gasteiger partial charge is 0.379 e. The van der Waals surface area contributed by atoms with E-state index in [0.29, 0.717) is 19.8 Å². The third-order valence-corrected chi connectivity index (χ3v) is 5.03. The molecule has 27 heavy (non-hydrogen) atoms. The SMILES string of the molecule is CCCCCCCCOC[C@@H](COP(O)(O)=S)OCCCCCCCC.S. The van der Waals surface area contributed by atoms with Gasteiger partial charge in [0.2, 0.25) is 0 Å². The van der Waals surface area contributed by atoms with Crippen molar-refractivity contribution in [1.29, 1.82) is 0 Å². The predicted molar refractivity (Wildman–Crippen MR) is 122 cm³/mol. The van der Waals surface area contributed by atoms with Crippen molar-refractivity contribution in [1.82, 2.24) is 0 Å². The minimum absolute atomic E-state index is 0. The molecule has 0 aromatic heterocycles. The molecule has 0 heterocycles. The van der Waals surface area contributed by atoms with Gasteiger partial charge in [0.05, 0.1) is 13.2 Å². The molecule has 0 amide bonds. The van der Waals surface area contributed by atoms with Crippen molar-refractivity contribution in [2.45, 2.75) is 97.0 Å². The van der Waals surface area contributed by atoms with Gasteiger partial charge >= 0.3 is 6.72 Å². The fourth-order valence-electron chi connectivity index (χ4n) is 2.66. The molecule has 0 aromatic carbocycles. The van der Waals surface area contributed by atoms with Gasteiger partial charge in [-0.05, 0) is 24.6 Å². The van der Waals surface area contributed by atoms with E-state index in [9.17, 15) is 9.79 Å². The lowest BCUT2D eigenvalue weighted by Crippen LogP contribution is -2.26. The van der Waals surface area contributed by atoms with Crippen LogP contribution in [-0.2, 0) is 25.8 Å². The molecule has 0 aliphatic heterocycles. The van der Waals surface area contributed by atoms with Crippen LogP contribution in [0, 0.1) is 0 Å². The quantitative estimate of drug-likeness (QED) is 0.191. The van der Waals surface area contributed by atoms with Crippen LogP contribution in [0.5, 0.6) is 0 Å². The fourth-order valence-corrected chi connectivity index (χ4v) is 3.20. The summed E-state index contributed by atoms with van der Waals surface area (Å²) in [6.45, 7) is 2.60. The Bertz CT molecular complexity index is 342. The van der Waals surface area contributed by atoms with Gasteiger partial charge in [0.15, 0.2) is 0 Å². The molecular formula is C19H43O5PS2. The summed E-state index contributed by atoms with van der Waals surface area (Å²) in [5.74, 6) is 0. The molecule has 0 fully saturated rings. The van der Waals surface area contributed by atoms with Crippen molar-refractivity contribution >= 4 is 32.0 Å². The Morgan fingerprint density at radius 2 is 1.22 bits per heavy atom. The summed E-state index contributed by atoms with van der Waals surface area (Å²) < 4.78 is 16.4. The first kappa shape index (κ1) is 30.0. The van der Waals surface area contributed by atoms with Crippen LogP contribution in [0.2, 0.25) is 0 Å². The van der Waals surface area contributed by atoms with Crippen molar-refractivity contribution in [2.24, 2.45) is 0 Å². The molecule has 166 valence electrons. The van der Waals surface area contributed by atoms with Crippen molar-refractivity contribution in [3.05, 3.63) is 0 Å². The van der Waals surface area contributed by atoms with Crippen LogP contribution in [0.15, 0.2) is 0 Å². The second-order valence-corrected chi connectivity index (χ2v) is 9.56. The van der Waals surface area contributed by atoms with Crippen LogP contribution >= 0.6 is 20.2 Å². The molecule has 0 aliphatic carbocycles. The van der Waals surface area contributed by atoms with Crippen LogP contribution in [0.4, 0.5) is 0 Å². The molecule has 0 rings (SSSR count). The average molecular weight is 447 g/mol. The molecule has 8 heteroatoms. The maximum absolute atomic E-state index is 9.23. The van der Waals surface area contributed by atoms with Crippen LogP contribution in [0.1, 0.15) is 90.9 Å². The smallest absolute Gasteiger partial charge is 0.321 e. The third kappa shape index (κ3) is 24.8. The van der Waals surface area contributed by atoms with Crippen molar-refractivity contribution < 1.29 is 23.8 Å². The monoisotopic (exact) mass is 446 g/mol. The second-order valence-electron chi connectivity index (χ2n) is 6.89. The van der Waals surface area contributed by atoms with Gasteiger partial charge in [0.25, 0.3) is 0 Å². The minimum atomic E-state index is -3.64. The normalized spacial score (nSPS) is 12.7. The minimum Gasteiger partial charge on any atom is -0.379 e. The Labute approximate surface area is 179 Å². The Morgan fingerprint density at radius 3 is 1.74 bits per heavy atom. The molecule has 0 saturated carbocycles. The first-order valence-corrected chi connectivity index (χ1v) is 13.0. The van der Waals surface area contributed by atoms with E-state index in [1.807, 2.05) is 0 Å². The number of ether oxygens (including phenoxy) is 2. The Kier molecular flexibility index (Phi) is 23.9. The van der Waals surface area contributed by atoms with Crippen LogP contribution in [0.3, 0.4) is 0 Å². The summed E-state index contributed by atoms with van der Waals surface area (Å²) in [6, 6.07) is 0. The first-order chi connectivity index (χ1) is 12.5. The Morgan fingerprint density at radius 1 is 0.741 bits per heavy atom. The molecular weight excluding hydrogens is 403 g/mol. The van der Waals surface area contributed by atoms with Gasteiger partial charge in [-0.2, -0.15) is 13.5 Å².